The van der Waals surface area contributed by atoms with Crippen LogP contribution in [0.25, 0.3) is 33.4 Å². The molecule has 1 unspecified atom stereocenters. The summed E-state index contributed by atoms with van der Waals surface area (Å²) in [6.45, 7) is 0.689. The van der Waals surface area contributed by atoms with E-state index in [9.17, 15) is 9.90 Å². The van der Waals surface area contributed by atoms with Gasteiger partial charge < -0.3 is 19.0 Å². The standard InChI is InChI=1S/C34H26O5/c35-25-15-17-29-31(19-25)39-32-20-26(37-21-23-9-3-1-4-10-23)16-18-30(32)33(29)27-13-7-8-14-28(27)34(36)38-22-24-11-5-2-6-12-24/h1-20,34,36H,21-22H2. The topological polar surface area (TPSA) is 68.9 Å². The summed E-state index contributed by atoms with van der Waals surface area (Å²) < 4.78 is 18.1. The highest BCUT2D eigenvalue weighted by Gasteiger charge is 2.22. The van der Waals surface area contributed by atoms with Crippen molar-refractivity contribution in [3.8, 4) is 28.2 Å². The summed E-state index contributed by atoms with van der Waals surface area (Å²) in [7, 11) is 0. The van der Waals surface area contributed by atoms with Crippen LogP contribution in [0.2, 0.25) is 0 Å². The molecule has 4 aromatic rings. The van der Waals surface area contributed by atoms with Crippen LogP contribution in [0.5, 0.6) is 5.75 Å². The second kappa shape index (κ2) is 11.0. The third-order valence-electron chi connectivity index (χ3n) is 6.66. The van der Waals surface area contributed by atoms with Crippen molar-refractivity contribution in [1.82, 2.24) is 0 Å². The zero-order chi connectivity index (χ0) is 26.6. The molecule has 1 aliphatic heterocycles. The van der Waals surface area contributed by atoms with Gasteiger partial charge in [0.1, 0.15) is 23.7 Å². The number of hydrogen-bond acceptors (Lipinski definition) is 5. The van der Waals surface area contributed by atoms with Crippen LogP contribution in [0.15, 0.2) is 131 Å². The summed E-state index contributed by atoms with van der Waals surface area (Å²) in [6.07, 6.45) is -1.16. The molecule has 0 saturated heterocycles. The van der Waals surface area contributed by atoms with Gasteiger partial charge in [-0.3, -0.25) is 4.79 Å². The molecule has 0 spiro atoms. The maximum absolute atomic E-state index is 12.2. The van der Waals surface area contributed by atoms with Gasteiger partial charge in [0.2, 0.25) is 0 Å². The van der Waals surface area contributed by atoms with E-state index in [1.807, 2.05) is 103 Å². The number of benzene rings is 5. The van der Waals surface area contributed by atoms with E-state index >= 15 is 0 Å². The smallest absolute Gasteiger partial charge is 0.182 e. The van der Waals surface area contributed by atoms with E-state index in [-0.39, 0.29) is 12.0 Å². The molecule has 0 fully saturated rings. The Bertz CT molecular complexity index is 1740. The molecule has 192 valence electrons. The molecule has 6 rings (SSSR count). The molecule has 4 aromatic carbocycles. The van der Waals surface area contributed by atoms with Crippen molar-refractivity contribution in [2.45, 2.75) is 19.5 Å². The fourth-order valence-electron chi connectivity index (χ4n) is 4.75. The molecule has 0 bridgehead atoms. The largest absolute Gasteiger partial charge is 0.489 e. The molecule has 1 atom stereocenters. The molecule has 5 heteroatoms. The summed E-state index contributed by atoms with van der Waals surface area (Å²) in [5.74, 6) is 1.11. The Labute approximate surface area is 225 Å². The molecule has 0 aromatic heterocycles. The van der Waals surface area contributed by atoms with Gasteiger partial charge in [-0.1, -0.05) is 84.9 Å². The minimum absolute atomic E-state index is 0.146. The van der Waals surface area contributed by atoms with Gasteiger partial charge in [0, 0.05) is 34.2 Å². The third-order valence-corrected chi connectivity index (χ3v) is 6.66. The third kappa shape index (κ3) is 5.32. The van der Waals surface area contributed by atoms with E-state index in [4.69, 9.17) is 13.9 Å². The van der Waals surface area contributed by atoms with Crippen molar-refractivity contribution >= 4 is 11.0 Å². The predicted molar refractivity (Wildman–Crippen MR) is 152 cm³/mol. The first-order valence-corrected chi connectivity index (χ1v) is 12.8. The average molecular weight is 515 g/mol. The summed E-state index contributed by atoms with van der Waals surface area (Å²) in [5.41, 5.74) is 5.48. The highest BCUT2D eigenvalue weighted by atomic mass is 16.6. The SMILES string of the molecule is O=c1ccc2c(-c3ccccc3C(O)OCc3ccccc3)c3ccc(OCc4ccccc4)cc3oc-2c1. The van der Waals surface area contributed by atoms with Crippen molar-refractivity contribution in [3.05, 3.63) is 148 Å². The fraction of sp³-hybridized carbons (Fsp3) is 0.0882. The lowest BCUT2D eigenvalue weighted by molar-refractivity contribution is -0.111. The predicted octanol–water partition coefficient (Wildman–Crippen LogP) is 7.35. The first-order chi connectivity index (χ1) is 19.2. The van der Waals surface area contributed by atoms with Gasteiger partial charge >= 0.3 is 0 Å². The molecule has 39 heavy (non-hydrogen) atoms. The number of ether oxygens (including phenoxy) is 2. The summed E-state index contributed by atoms with van der Waals surface area (Å²) in [6, 6.07) is 37.7. The van der Waals surface area contributed by atoms with Crippen LogP contribution in [-0.2, 0) is 18.0 Å². The van der Waals surface area contributed by atoms with Crippen LogP contribution in [0.1, 0.15) is 23.0 Å². The Morgan fingerprint density at radius 2 is 1.38 bits per heavy atom. The van der Waals surface area contributed by atoms with Gasteiger partial charge in [-0.25, -0.2) is 0 Å². The van der Waals surface area contributed by atoms with E-state index < -0.39 is 6.29 Å². The van der Waals surface area contributed by atoms with Crippen LogP contribution < -0.4 is 10.2 Å². The summed E-state index contributed by atoms with van der Waals surface area (Å²) in [4.78, 5) is 12.2. The van der Waals surface area contributed by atoms with Crippen LogP contribution in [0, 0.1) is 0 Å². The van der Waals surface area contributed by atoms with Crippen molar-refractivity contribution in [1.29, 1.82) is 0 Å². The number of hydrogen-bond donors (Lipinski definition) is 1. The maximum Gasteiger partial charge on any atom is 0.182 e. The molecule has 2 aliphatic rings. The highest BCUT2D eigenvalue weighted by Crippen LogP contribution is 2.43. The van der Waals surface area contributed by atoms with Crippen molar-refractivity contribution in [3.63, 3.8) is 0 Å². The summed E-state index contributed by atoms with van der Waals surface area (Å²) >= 11 is 0. The molecule has 0 saturated carbocycles. The van der Waals surface area contributed by atoms with Crippen LogP contribution in [0.4, 0.5) is 0 Å². The quantitative estimate of drug-likeness (QED) is 0.170. The van der Waals surface area contributed by atoms with Gasteiger partial charge in [0.15, 0.2) is 11.7 Å². The Hall–Kier alpha value is -4.71. The van der Waals surface area contributed by atoms with E-state index in [0.717, 1.165) is 33.2 Å². The number of aliphatic hydroxyl groups is 1. The molecule has 1 aliphatic carbocycles. The number of fused-ring (bicyclic) bond motifs is 2. The van der Waals surface area contributed by atoms with Crippen molar-refractivity contribution in [2.75, 3.05) is 0 Å². The highest BCUT2D eigenvalue weighted by molar-refractivity contribution is 6.02. The number of rotatable bonds is 8. The monoisotopic (exact) mass is 514 g/mol. The second-order valence-corrected chi connectivity index (χ2v) is 9.30. The van der Waals surface area contributed by atoms with Gasteiger partial charge in [-0.2, -0.15) is 0 Å². The molecule has 5 nitrogen and oxygen atoms in total. The van der Waals surface area contributed by atoms with Gasteiger partial charge in [-0.15, -0.1) is 0 Å². The van der Waals surface area contributed by atoms with Gasteiger partial charge in [-0.05, 0) is 41.0 Å². The number of aliphatic hydroxyl groups excluding tert-OH is 1. The normalized spacial score (nSPS) is 12.0. The average Bonchev–Trinajstić information content (AvgIpc) is 2.98. The Morgan fingerprint density at radius 1 is 0.692 bits per heavy atom. The molecule has 1 N–H and O–H groups in total. The van der Waals surface area contributed by atoms with Crippen LogP contribution in [0.3, 0.4) is 0 Å². The Balaban J connectivity index is 1.42. The zero-order valence-electron chi connectivity index (χ0n) is 21.1. The molecule has 0 amide bonds. The molecular weight excluding hydrogens is 488 g/mol. The summed E-state index contributed by atoms with van der Waals surface area (Å²) in [5, 5.41) is 11.9. The van der Waals surface area contributed by atoms with Crippen molar-refractivity contribution in [2.24, 2.45) is 0 Å². The Kier molecular flexibility index (Phi) is 6.91. The lowest BCUT2D eigenvalue weighted by Crippen LogP contribution is -2.06. The van der Waals surface area contributed by atoms with Gasteiger partial charge in [0.05, 0.1) is 6.61 Å². The van der Waals surface area contributed by atoms with E-state index in [1.165, 1.54) is 12.1 Å². The molecule has 1 heterocycles. The van der Waals surface area contributed by atoms with Crippen LogP contribution in [-0.4, -0.2) is 5.11 Å². The van der Waals surface area contributed by atoms with E-state index in [1.54, 1.807) is 6.07 Å². The minimum Gasteiger partial charge on any atom is -0.489 e. The first kappa shape index (κ1) is 24.6. The lowest BCUT2D eigenvalue weighted by atomic mass is 9.90. The first-order valence-electron chi connectivity index (χ1n) is 12.8. The second-order valence-electron chi connectivity index (χ2n) is 9.30. The van der Waals surface area contributed by atoms with Crippen LogP contribution >= 0.6 is 0 Å². The fourth-order valence-corrected chi connectivity index (χ4v) is 4.75. The van der Waals surface area contributed by atoms with Gasteiger partial charge in [0.25, 0.3) is 0 Å². The molecule has 0 radical (unpaired) electrons. The molecular formula is C34H26O5. The Morgan fingerprint density at radius 3 is 2.15 bits per heavy atom. The zero-order valence-corrected chi connectivity index (χ0v) is 21.1. The maximum atomic E-state index is 12.2. The van der Waals surface area contributed by atoms with E-state index in [2.05, 4.69) is 0 Å². The van der Waals surface area contributed by atoms with E-state index in [0.29, 0.717) is 29.3 Å². The minimum atomic E-state index is -1.16. The van der Waals surface area contributed by atoms with Crippen molar-refractivity contribution < 1.29 is 19.0 Å². The lowest BCUT2D eigenvalue weighted by Gasteiger charge is -2.20.